The van der Waals surface area contributed by atoms with Gasteiger partial charge in [-0.05, 0) is 31.9 Å². The van der Waals surface area contributed by atoms with E-state index in [1.165, 1.54) is 12.8 Å². The Morgan fingerprint density at radius 3 is 2.90 bits per heavy atom. The molecule has 4 rings (SSSR count). The third-order valence-electron chi connectivity index (χ3n) is 3.69. The van der Waals surface area contributed by atoms with Gasteiger partial charge in [-0.2, -0.15) is 0 Å². The van der Waals surface area contributed by atoms with Crippen molar-refractivity contribution in [2.45, 2.75) is 25.7 Å². The van der Waals surface area contributed by atoms with E-state index in [1.807, 2.05) is 35.0 Å². The molecule has 1 saturated carbocycles. The minimum absolute atomic E-state index is 0.598. The van der Waals surface area contributed by atoms with E-state index < -0.39 is 0 Å². The second-order valence-corrected chi connectivity index (χ2v) is 5.40. The van der Waals surface area contributed by atoms with Crippen LogP contribution < -0.4 is 5.32 Å². The summed E-state index contributed by atoms with van der Waals surface area (Å²) in [7, 11) is 0. The van der Waals surface area contributed by atoms with Crippen molar-refractivity contribution in [3.05, 3.63) is 42.4 Å². The molecule has 0 amide bonds. The minimum Gasteiger partial charge on any atom is -0.370 e. The number of nitrogens with zero attached hydrogens (tertiary/aromatic N) is 4. The molecule has 0 bridgehead atoms. The Kier molecular flexibility index (Phi) is 2.84. The zero-order valence-corrected chi connectivity index (χ0v) is 12.0. The Bertz CT molecular complexity index is 755. The molecule has 1 fully saturated rings. The molecule has 0 spiro atoms. The van der Waals surface area contributed by atoms with E-state index in [0.29, 0.717) is 11.7 Å². The Hall–Kier alpha value is -2.43. The number of nitrogens with one attached hydrogen (secondary N) is 1. The fourth-order valence-corrected chi connectivity index (χ4v) is 2.48. The van der Waals surface area contributed by atoms with Crippen molar-refractivity contribution < 1.29 is 0 Å². The summed E-state index contributed by atoms with van der Waals surface area (Å²) >= 11 is 0. The highest BCUT2D eigenvalue weighted by molar-refractivity contribution is 5.58. The van der Waals surface area contributed by atoms with E-state index in [9.17, 15) is 0 Å². The number of anilines is 1. The number of pyridine rings is 1. The third kappa shape index (κ3) is 2.35. The number of fused-ring (bicyclic) bond motifs is 1. The maximum atomic E-state index is 4.72. The van der Waals surface area contributed by atoms with Gasteiger partial charge in [0, 0.05) is 36.6 Å². The molecule has 0 aromatic carbocycles. The molecule has 0 atom stereocenters. The molecule has 0 radical (unpaired) electrons. The van der Waals surface area contributed by atoms with Gasteiger partial charge in [0.25, 0.3) is 0 Å². The van der Waals surface area contributed by atoms with E-state index in [0.717, 1.165) is 29.4 Å². The largest absolute Gasteiger partial charge is 0.370 e. The van der Waals surface area contributed by atoms with Crippen LogP contribution in [-0.4, -0.2) is 25.9 Å². The van der Waals surface area contributed by atoms with Gasteiger partial charge in [0.05, 0.1) is 0 Å². The van der Waals surface area contributed by atoms with Gasteiger partial charge in [0.15, 0.2) is 5.82 Å². The maximum Gasteiger partial charge on any atom is 0.182 e. The van der Waals surface area contributed by atoms with Gasteiger partial charge in [-0.25, -0.2) is 15.0 Å². The van der Waals surface area contributed by atoms with Crippen LogP contribution in [0, 0.1) is 0 Å². The highest BCUT2D eigenvalue weighted by Crippen LogP contribution is 2.40. The van der Waals surface area contributed by atoms with Crippen LogP contribution in [0.25, 0.3) is 17.2 Å². The monoisotopic (exact) mass is 279 g/mol. The zero-order valence-electron chi connectivity index (χ0n) is 12.0. The summed E-state index contributed by atoms with van der Waals surface area (Å²) in [5.41, 5.74) is 2.87. The fraction of sp³-hybridized carbons (Fsp3) is 0.312. The lowest BCUT2D eigenvalue weighted by Gasteiger charge is -2.07. The fourth-order valence-electron chi connectivity index (χ4n) is 2.48. The molecule has 1 aliphatic carbocycles. The van der Waals surface area contributed by atoms with Crippen LogP contribution >= 0.6 is 0 Å². The van der Waals surface area contributed by atoms with Crippen molar-refractivity contribution >= 4 is 11.5 Å². The summed E-state index contributed by atoms with van der Waals surface area (Å²) in [5, 5.41) is 3.29. The minimum atomic E-state index is 0.598. The van der Waals surface area contributed by atoms with E-state index >= 15 is 0 Å². The van der Waals surface area contributed by atoms with Crippen molar-refractivity contribution in [2.24, 2.45) is 0 Å². The van der Waals surface area contributed by atoms with Gasteiger partial charge in [-0.3, -0.25) is 0 Å². The smallest absolute Gasteiger partial charge is 0.182 e. The molecular formula is C16H17N5. The first-order valence-corrected chi connectivity index (χ1v) is 7.40. The quantitative estimate of drug-likeness (QED) is 0.797. The second kappa shape index (κ2) is 4.84. The molecule has 3 heterocycles. The van der Waals surface area contributed by atoms with Gasteiger partial charge in [0.2, 0.25) is 0 Å². The summed E-state index contributed by atoms with van der Waals surface area (Å²) in [6.45, 7) is 2.93. The predicted octanol–water partition coefficient (Wildman–Crippen LogP) is 3.10. The standard InChI is InChI=1S/C16H17N5/c1-2-17-14-9-12(11-6-7-11)19-16(20-14)13-10-21-8-4-3-5-15(21)18-13/h3-5,8-11H,2,6-7H2,1H3,(H,17,19,20). The summed E-state index contributed by atoms with van der Waals surface area (Å²) in [4.78, 5) is 13.9. The van der Waals surface area contributed by atoms with Crippen molar-refractivity contribution in [2.75, 3.05) is 11.9 Å². The van der Waals surface area contributed by atoms with Gasteiger partial charge in [-0.15, -0.1) is 0 Å². The first kappa shape index (κ1) is 12.3. The van der Waals surface area contributed by atoms with E-state index in [4.69, 9.17) is 4.98 Å². The molecule has 0 saturated heterocycles. The van der Waals surface area contributed by atoms with Crippen LogP contribution in [0.3, 0.4) is 0 Å². The average molecular weight is 279 g/mol. The summed E-state index contributed by atoms with van der Waals surface area (Å²) in [6.07, 6.45) is 6.43. The molecule has 21 heavy (non-hydrogen) atoms. The summed E-state index contributed by atoms with van der Waals surface area (Å²) in [5.74, 6) is 2.20. The van der Waals surface area contributed by atoms with Gasteiger partial charge >= 0.3 is 0 Å². The van der Waals surface area contributed by atoms with Crippen LogP contribution in [0.15, 0.2) is 36.7 Å². The van der Waals surface area contributed by atoms with E-state index in [1.54, 1.807) is 0 Å². The lowest BCUT2D eigenvalue weighted by atomic mass is 10.2. The number of hydrogen-bond donors (Lipinski definition) is 1. The van der Waals surface area contributed by atoms with Crippen LogP contribution in [0.5, 0.6) is 0 Å². The Balaban J connectivity index is 1.81. The molecular weight excluding hydrogens is 262 g/mol. The summed E-state index contributed by atoms with van der Waals surface area (Å²) < 4.78 is 2.00. The van der Waals surface area contributed by atoms with E-state index in [2.05, 4.69) is 28.3 Å². The van der Waals surface area contributed by atoms with Crippen molar-refractivity contribution in [3.8, 4) is 11.5 Å². The third-order valence-corrected chi connectivity index (χ3v) is 3.69. The molecule has 3 aromatic rings. The SMILES string of the molecule is CCNc1cc(C2CC2)nc(-c2cn3ccccc3n2)n1. The van der Waals surface area contributed by atoms with Crippen molar-refractivity contribution in [1.82, 2.24) is 19.4 Å². The first-order chi connectivity index (χ1) is 10.3. The molecule has 0 unspecified atom stereocenters. The molecule has 3 aromatic heterocycles. The van der Waals surface area contributed by atoms with Crippen LogP contribution in [0.2, 0.25) is 0 Å². The Labute approximate surface area is 123 Å². The topological polar surface area (TPSA) is 55.1 Å². The molecule has 1 aliphatic rings. The molecule has 1 N–H and O–H groups in total. The highest BCUT2D eigenvalue weighted by Gasteiger charge is 2.26. The Morgan fingerprint density at radius 2 is 2.14 bits per heavy atom. The molecule has 0 aliphatic heterocycles. The molecule has 106 valence electrons. The van der Waals surface area contributed by atoms with Crippen LogP contribution in [0.1, 0.15) is 31.4 Å². The van der Waals surface area contributed by atoms with Gasteiger partial charge < -0.3 is 9.72 Å². The molecule has 5 heteroatoms. The zero-order chi connectivity index (χ0) is 14.2. The van der Waals surface area contributed by atoms with E-state index in [-0.39, 0.29) is 0 Å². The van der Waals surface area contributed by atoms with Gasteiger partial charge in [-0.1, -0.05) is 6.07 Å². The average Bonchev–Trinajstić information content (AvgIpc) is 3.26. The van der Waals surface area contributed by atoms with Crippen LogP contribution in [-0.2, 0) is 0 Å². The Morgan fingerprint density at radius 1 is 1.24 bits per heavy atom. The normalized spacial score (nSPS) is 14.5. The summed E-state index contributed by atoms with van der Waals surface area (Å²) in [6, 6.07) is 8.03. The van der Waals surface area contributed by atoms with Gasteiger partial charge in [0.1, 0.15) is 17.2 Å². The number of rotatable bonds is 4. The number of aromatic nitrogens is 4. The van der Waals surface area contributed by atoms with Crippen molar-refractivity contribution in [3.63, 3.8) is 0 Å². The lowest BCUT2D eigenvalue weighted by Crippen LogP contribution is -2.03. The predicted molar refractivity (Wildman–Crippen MR) is 82.4 cm³/mol. The van der Waals surface area contributed by atoms with Crippen LogP contribution in [0.4, 0.5) is 5.82 Å². The highest BCUT2D eigenvalue weighted by atomic mass is 15.1. The number of hydrogen-bond acceptors (Lipinski definition) is 4. The molecule has 5 nitrogen and oxygen atoms in total. The first-order valence-electron chi connectivity index (χ1n) is 7.40. The maximum absolute atomic E-state index is 4.72. The second-order valence-electron chi connectivity index (χ2n) is 5.40. The number of imidazole rings is 1. The lowest BCUT2D eigenvalue weighted by molar-refractivity contribution is 0.984. The van der Waals surface area contributed by atoms with Crippen molar-refractivity contribution in [1.29, 1.82) is 0 Å².